The quantitative estimate of drug-likeness (QED) is 0.756. The molecule has 68 valence electrons. The summed E-state index contributed by atoms with van der Waals surface area (Å²) < 4.78 is 0.993. The predicted octanol–water partition coefficient (Wildman–Crippen LogP) is 1.57. The Hall–Kier alpha value is -0.130. The molecule has 0 spiro atoms. The highest BCUT2D eigenvalue weighted by molar-refractivity contribution is 8.01. The Bertz CT molecular complexity index is 239. The first-order valence-corrected chi connectivity index (χ1v) is 5.56. The van der Waals surface area contributed by atoms with Crippen molar-refractivity contribution in [2.45, 2.75) is 18.2 Å². The second-order valence-electron chi connectivity index (χ2n) is 2.69. The summed E-state index contributed by atoms with van der Waals surface area (Å²) in [6.07, 6.45) is 0. The topological polar surface area (TPSA) is 46.0 Å². The van der Waals surface area contributed by atoms with E-state index < -0.39 is 0 Å². The molecule has 1 rings (SSSR count). The molecule has 5 heteroatoms. The average molecular weight is 204 g/mol. The van der Waals surface area contributed by atoms with Crippen LogP contribution in [0.25, 0.3) is 0 Å². The number of aliphatic hydroxyl groups is 1. The molecule has 1 atom stereocenters. The lowest BCUT2D eigenvalue weighted by atomic mass is 10.2. The van der Waals surface area contributed by atoms with Gasteiger partial charge in [-0.1, -0.05) is 30.0 Å². The molecule has 0 fully saturated rings. The highest BCUT2D eigenvalue weighted by Gasteiger charge is 2.04. The number of hydrogen-bond acceptors (Lipinski definition) is 5. The summed E-state index contributed by atoms with van der Waals surface area (Å²) in [5.74, 6) is 1.24. The van der Waals surface area contributed by atoms with Crippen LogP contribution in [0.3, 0.4) is 0 Å². The lowest BCUT2D eigenvalue weighted by Crippen LogP contribution is -2.02. The Morgan fingerprint density at radius 3 is 2.83 bits per heavy atom. The fourth-order valence-corrected chi connectivity index (χ4v) is 2.45. The maximum atomic E-state index is 8.77. The summed E-state index contributed by atoms with van der Waals surface area (Å²) in [6.45, 7) is 4.20. The molecule has 0 aliphatic carbocycles. The number of rotatable bonds is 4. The molecule has 1 unspecified atom stereocenters. The third kappa shape index (κ3) is 3.08. The van der Waals surface area contributed by atoms with Crippen LogP contribution < -0.4 is 0 Å². The summed E-state index contributed by atoms with van der Waals surface area (Å²) in [6, 6.07) is 0. The van der Waals surface area contributed by atoms with Crippen molar-refractivity contribution < 1.29 is 5.11 Å². The Morgan fingerprint density at radius 1 is 1.58 bits per heavy atom. The number of aryl methyl sites for hydroxylation is 1. The molecule has 3 nitrogen and oxygen atoms in total. The summed E-state index contributed by atoms with van der Waals surface area (Å²) in [7, 11) is 0. The molecule has 0 saturated carbocycles. The van der Waals surface area contributed by atoms with Crippen LogP contribution in [0.2, 0.25) is 0 Å². The van der Waals surface area contributed by atoms with E-state index in [0.717, 1.165) is 15.1 Å². The summed E-state index contributed by atoms with van der Waals surface area (Å²) in [5, 5.41) is 17.6. The normalized spacial score (nSPS) is 13.2. The number of aliphatic hydroxyl groups excluding tert-OH is 1. The van der Waals surface area contributed by atoms with Gasteiger partial charge in [-0.3, -0.25) is 0 Å². The SMILES string of the molecule is Cc1nnc(SCC(C)CO)s1. The molecular weight excluding hydrogens is 192 g/mol. The molecule has 0 bridgehead atoms. The molecule has 0 aliphatic heterocycles. The lowest BCUT2D eigenvalue weighted by Gasteiger charge is -2.03. The minimum atomic E-state index is 0.241. The second kappa shape index (κ2) is 4.79. The van der Waals surface area contributed by atoms with Gasteiger partial charge in [0.25, 0.3) is 0 Å². The highest BCUT2D eigenvalue weighted by atomic mass is 32.2. The zero-order valence-electron chi connectivity index (χ0n) is 7.15. The van der Waals surface area contributed by atoms with Crippen LogP contribution in [0.4, 0.5) is 0 Å². The molecule has 0 aromatic carbocycles. The standard InChI is InChI=1S/C7H12N2OS2/c1-5(3-10)4-11-7-9-8-6(2)12-7/h5,10H,3-4H2,1-2H3. The van der Waals surface area contributed by atoms with Gasteiger partial charge >= 0.3 is 0 Å². The molecule has 0 saturated heterocycles. The first kappa shape index (κ1) is 9.95. The maximum Gasteiger partial charge on any atom is 0.174 e. The number of nitrogens with zero attached hydrogens (tertiary/aromatic N) is 2. The number of thioether (sulfide) groups is 1. The maximum absolute atomic E-state index is 8.77. The smallest absolute Gasteiger partial charge is 0.174 e. The molecular formula is C7H12N2OS2. The number of hydrogen-bond donors (Lipinski definition) is 1. The third-order valence-electron chi connectivity index (χ3n) is 1.31. The van der Waals surface area contributed by atoms with E-state index >= 15 is 0 Å². The van der Waals surface area contributed by atoms with Crippen molar-refractivity contribution in [2.75, 3.05) is 12.4 Å². The Kier molecular flexibility index (Phi) is 3.97. The Labute approximate surface area is 80.2 Å². The van der Waals surface area contributed by atoms with Gasteiger partial charge in [-0.15, -0.1) is 10.2 Å². The van der Waals surface area contributed by atoms with Crippen molar-refractivity contribution >= 4 is 23.1 Å². The van der Waals surface area contributed by atoms with Gasteiger partial charge in [0.2, 0.25) is 0 Å². The van der Waals surface area contributed by atoms with Gasteiger partial charge in [0.15, 0.2) is 4.34 Å². The van der Waals surface area contributed by atoms with E-state index in [9.17, 15) is 0 Å². The Morgan fingerprint density at radius 2 is 2.33 bits per heavy atom. The Balaban J connectivity index is 2.33. The van der Waals surface area contributed by atoms with E-state index in [4.69, 9.17) is 5.11 Å². The van der Waals surface area contributed by atoms with Crippen LogP contribution in [0.15, 0.2) is 4.34 Å². The van der Waals surface area contributed by atoms with E-state index in [2.05, 4.69) is 10.2 Å². The van der Waals surface area contributed by atoms with Crippen molar-refractivity contribution in [1.29, 1.82) is 0 Å². The second-order valence-corrected chi connectivity index (χ2v) is 5.13. The van der Waals surface area contributed by atoms with Gasteiger partial charge in [0.05, 0.1) is 0 Å². The van der Waals surface area contributed by atoms with Crippen molar-refractivity contribution in [3.63, 3.8) is 0 Å². The predicted molar refractivity (Wildman–Crippen MR) is 51.6 cm³/mol. The van der Waals surface area contributed by atoms with E-state index in [1.165, 1.54) is 0 Å². The average Bonchev–Trinajstić information content (AvgIpc) is 2.47. The molecule has 1 aromatic rings. The molecule has 0 radical (unpaired) electrons. The van der Waals surface area contributed by atoms with Crippen LogP contribution in [0.1, 0.15) is 11.9 Å². The molecule has 12 heavy (non-hydrogen) atoms. The van der Waals surface area contributed by atoms with Crippen molar-refractivity contribution in [3.05, 3.63) is 5.01 Å². The van der Waals surface area contributed by atoms with E-state index in [0.29, 0.717) is 5.92 Å². The fourth-order valence-electron chi connectivity index (χ4n) is 0.603. The minimum Gasteiger partial charge on any atom is -0.396 e. The van der Waals surface area contributed by atoms with E-state index in [-0.39, 0.29) is 6.61 Å². The van der Waals surface area contributed by atoms with Crippen molar-refractivity contribution in [1.82, 2.24) is 10.2 Å². The van der Waals surface area contributed by atoms with Gasteiger partial charge < -0.3 is 5.11 Å². The van der Waals surface area contributed by atoms with Crippen LogP contribution >= 0.6 is 23.1 Å². The molecule has 0 aliphatic rings. The molecule has 1 N–H and O–H groups in total. The van der Waals surface area contributed by atoms with Gasteiger partial charge in [-0.2, -0.15) is 0 Å². The van der Waals surface area contributed by atoms with Crippen molar-refractivity contribution in [2.24, 2.45) is 5.92 Å². The number of aromatic nitrogens is 2. The molecule has 1 heterocycles. The lowest BCUT2D eigenvalue weighted by molar-refractivity contribution is 0.250. The van der Waals surface area contributed by atoms with Gasteiger partial charge in [0, 0.05) is 12.4 Å². The van der Waals surface area contributed by atoms with Crippen LogP contribution in [-0.2, 0) is 0 Å². The van der Waals surface area contributed by atoms with Crippen molar-refractivity contribution in [3.8, 4) is 0 Å². The zero-order valence-corrected chi connectivity index (χ0v) is 8.78. The summed E-state index contributed by atoms with van der Waals surface area (Å²) in [5.41, 5.74) is 0. The first-order valence-electron chi connectivity index (χ1n) is 3.76. The highest BCUT2D eigenvalue weighted by Crippen LogP contribution is 2.23. The minimum absolute atomic E-state index is 0.241. The molecule has 0 amide bonds. The van der Waals surface area contributed by atoms with Crippen LogP contribution in [-0.4, -0.2) is 27.7 Å². The summed E-state index contributed by atoms with van der Waals surface area (Å²) in [4.78, 5) is 0. The van der Waals surface area contributed by atoms with Crippen LogP contribution in [0, 0.1) is 12.8 Å². The van der Waals surface area contributed by atoms with Gasteiger partial charge in [-0.05, 0) is 12.8 Å². The monoisotopic (exact) mass is 204 g/mol. The van der Waals surface area contributed by atoms with Gasteiger partial charge in [0.1, 0.15) is 5.01 Å². The van der Waals surface area contributed by atoms with Crippen LogP contribution in [0.5, 0.6) is 0 Å². The van der Waals surface area contributed by atoms with E-state index in [1.807, 2.05) is 13.8 Å². The summed E-state index contributed by atoms with van der Waals surface area (Å²) >= 11 is 3.26. The van der Waals surface area contributed by atoms with E-state index in [1.54, 1.807) is 23.1 Å². The third-order valence-corrected chi connectivity index (χ3v) is 3.61. The first-order chi connectivity index (χ1) is 5.72. The molecule has 1 aromatic heterocycles. The zero-order chi connectivity index (χ0) is 8.97. The van der Waals surface area contributed by atoms with Gasteiger partial charge in [-0.25, -0.2) is 0 Å². The largest absolute Gasteiger partial charge is 0.396 e. The fraction of sp³-hybridized carbons (Fsp3) is 0.714.